The Bertz CT molecular complexity index is 1930. The Kier molecular flexibility index (Phi) is 15.4. The van der Waals surface area contributed by atoms with Crippen LogP contribution in [0, 0.1) is 13.8 Å². The lowest BCUT2D eigenvalue weighted by atomic mass is 10.1. The van der Waals surface area contributed by atoms with Gasteiger partial charge in [0.2, 0.25) is 0 Å². The molecule has 0 saturated carbocycles. The molecule has 13 heteroatoms. The molecule has 6 aromatic rings. The minimum atomic E-state index is -4.32. The van der Waals surface area contributed by atoms with Gasteiger partial charge in [0.05, 0.1) is 29.1 Å². The Morgan fingerprint density at radius 2 is 1.00 bits per heavy atom. The lowest BCUT2D eigenvalue weighted by Gasteiger charge is -2.06. The van der Waals surface area contributed by atoms with E-state index in [0.29, 0.717) is 41.3 Å². The number of hydrogen-bond donors (Lipinski definition) is 2. The number of aliphatic hydroxyl groups is 1. The number of alkyl halides is 6. The summed E-state index contributed by atoms with van der Waals surface area (Å²) in [6.07, 6.45) is -7.53. The van der Waals surface area contributed by atoms with Crippen molar-refractivity contribution in [3.63, 3.8) is 0 Å². The van der Waals surface area contributed by atoms with E-state index in [9.17, 15) is 26.3 Å². The van der Waals surface area contributed by atoms with Crippen molar-refractivity contribution in [2.75, 3.05) is 13.2 Å². The molecule has 2 aromatic heterocycles. The fraction of sp³-hybridized carbons (Fsp3) is 0.231. The van der Waals surface area contributed by atoms with Crippen molar-refractivity contribution in [2.24, 2.45) is 0 Å². The second kappa shape index (κ2) is 19.2. The Labute approximate surface area is 306 Å². The van der Waals surface area contributed by atoms with E-state index in [2.05, 4.69) is 9.97 Å². The summed E-state index contributed by atoms with van der Waals surface area (Å²) in [6, 6.07) is 28.3. The van der Waals surface area contributed by atoms with Crippen molar-refractivity contribution < 1.29 is 41.3 Å². The molecular formula is C39H38F6N2O3S2. The van der Waals surface area contributed by atoms with E-state index in [-0.39, 0.29) is 14.0 Å². The van der Waals surface area contributed by atoms with Crippen LogP contribution in [0.2, 0.25) is 0 Å². The molecule has 0 atom stereocenters. The minimum absolute atomic E-state index is 0. The molecule has 0 aliphatic carbocycles. The second-order valence-corrected chi connectivity index (χ2v) is 13.3. The van der Waals surface area contributed by atoms with Gasteiger partial charge < -0.3 is 14.9 Å². The second-order valence-electron chi connectivity index (χ2n) is 10.9. The number of phenolic OH excluding ortho intramolecular Hbond substituents is 1. The molecule has 276 valence electrons. The van der Waals surface area contributed by atoms with Gasteiger partial charge in [0.25, 0.3) is 0 Å². The number of para-hydroxylation sites is 2. The molecule has 0 aliphatic heterocycles. The molecule has 2 heterocycles. The molecule has 52 heavy (non-hydrogen) atoms. The van der Waals surface area contributed by atoms with Crippen LogP contribution in [0.25, 0.3) is 21.1 Å². The number of aromatic hydroxyl groups is 1. The Morgan fingerprint density at radius 1 is 0.596 bits per heavy atom. The molecule has 0 fully saturated rings. The van der Waals surface area contributed by atoms with Crippen LogP contribution in [0.3, 0.4) is 0 Å². The zero-order chi connectivity index (χ0) is 37.0. The van der Waals surface area contributed by atoms with Gasteiger partial charge in [0.1, 0.15) is 21.5 Å². The molecule has 0 spiro atoms. The van der Waals surface area contributed by atoms with E-state index in [4.69, 9.17) is 14.9 Å². The van der Waals surface area contributed by atoms with Crippen molar-refractivity contribution in [3.05, 3.63) is 141 Å². The number of aryl methyl sites for hydroxylation is 2. The molecular weight excluding hydrogens is 723 g/mol. The summed E-state index contributed by atoms with van der Waals surface area (Å²) in [6.45, 7) is 4.36. The summed E-state index contributed by atoms with van der Waals surface area (Å²) in [7, 11) is 0. The van der Waals surface area contributed by atoms with E-state index in [1.165, 1.54) is 46.9 Å². The van der Waals surface area contributed by atoms with Crippen molar-refractivity contribution in [3.8, 4) is 32.6 Å². The first-order valence-electron chi connectivity index (χ1n) is 15.5. The molecule has 0 saturated heterocycles. The summed E-state index contributed by atoms with van der Waals surface area (Å²) in [5, 5.41) is 18.9. The van der Waals surface area contributed by atoms with E-state index >= 15 is 0 Å². The number of halogens is 6. The smallest absolute Gasteiger partial charge is 0.416 e. The van der Waals surface area contributed by atoms with Gasteiger partial charge >= 0.3 is 12.4 Å². The maximum Gasteiger partial charge on any atom is 0.416 e. The molecule has 0 bridgehead atoms. The largest absolute Gasteiger partial charge is 0.508 e. The summed E-state index contributed by atoms with van der Waals surface area (Å²) >= 11 is 2.90. The molecule has 0 amide bonds. The lowest BCUT2D eigenvalue weighted by Crippen LogP contribution is -2.04. The fourth-order valence-corrected chi connectivity index (χ4v) is 6.42. The van der Waals surface area contributed by atoms with Crippen LogP contribution in [-0.2, 0) is 25.2 Å². The highest BCUT2D eigenvalue weighted by Gasteiger charge is 2.31. The lowest BCUT2D eigenvalue weighted by molar-refractivity contribution is -0.138. The molecule has 5 nitrogen and oxygen atoms in total. The quantitative estimate of drug-likeness (QED) is 0.151. The number of phenols is 1. The van der Waals surface area contributed by atoms with E-state index in [0.717, 1.165) is 56.2 Å². The van der Waals surface area contributed by atoms with Crippen LogP contribution in [0.15, 0.2) is 109 Å². The number of nitrogens with zero attached hydrogens (tertiary/aromatic N) is 2. The van der Waals surface area contributed by atoms with Crippen molar-refractivity contribution in [1.29, 1.82) is 0 Å². The molecule has 4 aromatic carbocycles. The third-order valence-electron chi connectivity index (χ3n) is 7.16. The number of hydrogen-bond acceptors (Lipinski definition) is 7. The van der Waals surface area contributed by atoms with Gasteiger partial charge in [-0.3, -0.25) is 0 Å². The van der Waals surface area contributed by atoms with E-state index in [1.807, 2.05) is 50.2 Å². The molecule has 2 N–H and O–H groups in total. The van der Waals surface area contributed by atoms with Gasteiger partial charge in [-0.15, -0.1) is 22.7 Å². The SMILES string of the molecule is C.Cc1sc(-c2ccc(C(F)(F)F)cc2)nc1CCO.Cc1sc(-c2ccc(C(F)(F)F)cc2)nc1CCOc1ccccc1.Oc1ccccc1. The number of ether oxygens (including phenoxy) is 1. The van der Waals surface area contributed by atoms with Gasteiger partial charge in [-0.25, -0.2) is 9.97 Å². The maximum atomic E-state index is 12.6. The maximum absolute atomic E-state index is 12.6. The molecule has 0 aliphatic rings. The fourth-order valence-electron chi connectivity index (χ4n) is 4.49. The Hall–Kier alpha value is -4.72. The van der Waals surface area contributed by atoms with Crippen LogP contribution < -0.4 is 4.74 Å². The van der Waals surface area contributed by atoms with E-state index < -0.39 is 23.5 Å². The third-order valence-corrected chi connectivity index (χ3v) is 9.28. The molecule has 6 rings (SSSR count). The van der Waals surface area contributed by atoms with E-state index in [1.54, 1.807) is 24.3 Å². The first-order valence-corrected chi connectivity index (χ1v) is 17.2. The predicted molar refractivity (Wildman–Crippen MR) is 196 cm³/mol. The molecule has 0 radical (unpaired) electrons. The van der Waals surface area contributed by atoms with Gasteiger partial charge in [-0.05, 0) is 62.4 Å². The molecule has 0 unspecified atom stereocenters. The zero-order valence-electron chi connectivity index (χ0n) is 27.5. The zero-order valence-corrected chi connectivity index (χ0v) is 29.1. The normalized spacial score (nSPS) is 11.0. The highest BCUT2D eigenvalue weighted by atomic mass is 32.1. The minimum Gasteiger partial charge on any atom is -0.508 e. The average molecular weight is 761 g/mol. The van der Waals surface area contributed by atoms with Crippen LogP contribution in [0.5, 0.6) is 11.5 Å². The number of aromatic nitrogens is 2. The van der Waals surface area contributed by atoms with Crippen molar-refractivity contribution in [1.82, 2.24) is 9.97 Å². The number of benzene rings is 4. The highest BCUT2D eigenvalue weighted by molar-refractivity contribution is 7.15. The van der Waals surface area contributed by atoms with Crippen LogP contribution in [-0.4, -0.2) is 33.4 Å². The topological polar surface area (TPSA) is 75.5 Å². The van der Waals surface area contributed by atoms with Gasteiger partial charge in [0, 0.05) is 40.3 Å². The van der Waals surface area contributed by atoms with Crippen molar-refractivity contribution >= 4 is 22.7 Å². The number of rotatable bonds is 8. The highest BCUT2D eigenvalue weighted by Crippen LogP contribution is 2.34. The monoisotopic (exact) mass is 760 g/mol. The number of aliphatic hydroxyl groups excluding tert-OH is 1. The van der Waals surface area contributed by atoms with Crippen LogP contribution in [0.4, 0.5) is 26.3 Å². The van der Waals surface area contributed by atoms with Gasteiger partial charge in [0.15, 0.2) is 0 Å². The first-order chi connectivity index (χ1) is 24.2. The Balaban J connectivity index is 0.000000238. The third kappa shape index (κ3) is 12.5. The first kappa shape index (κ1) is 41.7. The van der Waals surface area contributed by atoms with Gasteiger partial charge in [-0.2, -0.15) is 26.3 Å². The summed E-state index contributed by atoms with van der Waals surface area (Å²) in [5.41, 5.74) is 1.74. The summed E-state index contributed by atoms with van der Waals surface area (Å²) < 4.78 is 81.0. The van der Waals surface area contributed by atoms with Crippen molar-refractivity contribution in [2.45, 2.75) is 46.5 Å². The standard InChI is InChI=1S/C19H16F3NOS.C13H12F3NOS.C6H6O.CH4/c1-13-17(11-12-24-16-5-3-2-4-6-16)23-18(25-13)14-7-9-15(10-8-14)19(20,21)22;1-8-11(6-7-18)17-12(19-8)9-2-4-10(5-3-9)13(14,15)16;7-6-4-2-1-3-5-6;/h2-10H,11-12H2,1H3;2-5,18H,6-7H2,1H3;1-5,7H;1H4. The van der Waals surface area contributed by atoms with Gasteiger partial charge in [-0.1, -0.05) is 68.1 Å². The van der Waals surface area contributed by atoms with Crippen LogP contribution >= 0.6 is 22.7 Å². The van der Waals surface area contributed by atoms with Crippen LogP contribution in [0.1, 0.15) is 39.7 Å². The number of thiazole rings is 2. The Morgan fingerprint density at radius 3 is 1.37 bits per heavy atom. The predicted octanol–water partition coefficient (Wildman–Crippen LogP) is 11.5. The summed E-state index contributed by atoms with van der Waals surface area (Å²) in [5.74, 6) is 1.13. The average Bonchev–Trinajstić information content (AvgIpc) is 3.67. The summed E-state index contributed by atoms with van der Waals surface area (Å²) in [4.78, 5) is 10.9.